The Morgan fingerprint density at radius 3 is 2.65 bits per heavy atom. The summed E-state index contributed by atoms with van der Waals surface area (Å²) in [6, 6.07) is 10.3. The monoisotopic (exact) mass is 264 g/mol. The molecule has 0 unspecified atom stereocenters. The first-order valence-corrected chi connectivity index (χ1v) is 6.56. The fraction of sp³-hybridized carbons (Fsp3) is 0.188. The Bertz CT molecular complexity index is 781. The van der Waals surface area contributed by atoms with E-state index in [2.05, 4.69) is 45.4 Å². The molecular formula is C16H16N4. The molecule has 2 heterocycles. The summed E-state index contributed by atoms with van der Waals surface area (Å²) < 4.78 is 0. The SMILES string of the molecule is Cc1cccc(Nc2ncnc3nc(C)c(C)cc23)c1. The number of aromatic nitrogens is 3. The summed E-state index contributed by atoms with van der Waals surface area (Å²) in [7, 11) is 0. The number of aryl methyl sites for hydroxylation is 3. The van der Waals surface area contributed by atoms with Crippen LogP contribution in [0.2, 0.25) is 0 Å². The molecule has 0 saturated carbocycles. The molecule has 0 bridgehead atoms. The van der Waals surface area contributed by atoms with E-state index in [1.54, 1.807) is 6.33 Å². The Balaban J connectivity index is 2.09. The first-order chi connectivity index (χ1) is 9.63. The number of pyridine rings is 1. The summed E-state index contributed by atoms with van der Waals surface area (Å²) in [5.74, 6) is 0.788. The first-order valence-electron chi connectivity index (χ1n) is 6.56. The standard InChI is InChI=1S/C16H16N4/c1-10-5-4-6-13(7-10)20-16-14-8-11(2)12(3)19-15(14)17-9-18-16/h4-9H,1-3H3,(H,17,18,19,20). The van der Waals surface area contributed by atoms with Gasteiger partial charge in [0, 0.05) is 11.4 Å². The van der Waals surface area contributed by atoms with Gasteiger partial charge in [0.05, 0.1) is 5.39 Å². The predicted molar refractivity (Wildman–Crippen MR) is 81.3 cm³/mol. The molecule has 20 heavy (non-hydrogen) atoms. The summed E-state index contributed by atoms with van der Waals surface area (Å²) in [5, 5.41) is 4.29. The van der Waals surface area contributed by atoms with Gasteiger partial charge in [-0.05, 0) is 50.1 Å². The summed E-state index contributed by atoms with van der Waals surface area (Å²) >= 11 is 0. The van der Waals surface area contributed by atoms with Crippen molar-refractivity contribution < 1.29 is 0 Å². The van der Waals surface area contributed by atoms with Gasteiger partial charge in [-0.15, -0.1) is 0 Å². The van der Waals surface area contributed by atoms with Crippen molar-refractivity contribution in [2.45, 2.75) is 20.8 Å². The highest BCUT2D eigenvalue weighted by Gasteiger charge is 2.07. The molecule has 2 aromatic heterocycles. The zero-order valence-electron chi connectivity index (χ0n) is 11.8. The van der Waals surface area contributed by atoms with Crippen LogP contribution in [0.15, 0.2) is 36.7 Å². The Kier molecular flexibility index (Phi) is 3.06. The molecule has 1 N–H and O–H groups in total. The van der Waals surface area contributed by atoms with E-state index in [0.717, 1.165) is 33.8 Å². The summed E-state index contributed by atoms with van der Waals surface area (Å²) in [6.45, 7) is 6.11. The molecule has 100 valence electrons. The van der Waals surface area contributed by atoms with Gasteiger partial charge in [0.2, 0.25) is 0 Å². The highest BCUT2D eigenvalue weighted by molar-refractivity contribution is 5.88. The van der Waals surface area contributed by atoms with Crippen molar-refractivity contribution in [3.8, 4) is 0 Å². The Morgan fingerprint density at radius 2 is 1.85 bits per heavy atom. The van der Waals surface area contributed by atoms with E-state index in [9.17, 15) is 0 Å². The molecule has 0 saturated heterocycles. The number of nitrogens with one attached hydrogen (secondary N) is 1. The third kappa shape index (κ3) is 2.32. The number of benzene rings is 1. The molecule has 0 atom stereocenters. The van der Waals surface area contributed by atoms with Crippen molar-refractivity contribution >= 4 is 22.5 Å². The third-order valence-corrected chi connectivity index (χ3v) is 3.35. The lowest BCUT2D eigenvalue weighted by Gasteiger charge is -2.10. The van der Waals surface area contributed by atoms with Crippen molar-refractivity contribution in [3.05, 3.63) is 53.5 Å². The van der Waals surface area contributed by atoms with Gasteiger partial charge in [-0.25, -0.2) is 15.0 Å². The molecule has 0 amide bonds. The van der Waals surface area contributed by atoms with Crippen LogP contribution < -0.4 is 5.32 Å². The van der Waals surface area contributed by atoms with Gasteiger partial charge in [-0.3, -0.25) is 0 Å². The fourth-order valence-corrected chi connectivity index (χ4v) is 2.14. The smallest absolute Gasteiger partial charge is 0.164 e. The molecule has 4 nitrogen and oxygen atoms in total. The van der Waals surface area contributed by atoms with Gasteiger partial charge in [0.25, 0.3) is 0 Å². The lowest BCUT2D eigenvalue weighted by Crippen LogP contribution is -1.99. The molecule has 4 heteroatoms. The van der Waals surface area contributed by atoms with E-state index >= 15 is 0 Å². The number of hydrogen-bond acceptors (Lipinski definition) is 4. The quantitative estimate of drug-likeness (QED) is 0.767. The maximum atomic E-state index is 4.50. The number of rotatable bonds is 2. The predicted octanol–water partition coefficient (Wildman–Crippen LogP) is 3.69. The molecule has 0 aliphatic carbocycles. The van der Waals surface area contributed by atoms with Gasteiger partial charge in [-0.1, -0.05) is 12.1 Å². The van der Waals surface area contributed by atoms with Gasteiger partial charge < -0.3 is 5.32 Å². The molecule has 0 fully saturated rings. The maximum Gasteiger partial charge on any atom is 0.164 e. The third-order valence-electron chi connectivity index (χ3n) is 3.35. The second-order valence-electron chi connectivity index (χ2n) is 4.98. The molecule has 3 rings (SSSR count). The summed E-state index contributed by atoms with van der Waals surface area (Å²) in [6.07, 6.45) is 1.54. The van der Waals surface area contributed by atoms with E-state index in [0.29, 0.717) is 0 Å². The Morgan fingerprint density at radius 1 is 1.00 bits per heavy atom. The fourth-order valence-electron chi connectivity index (χ4n) is 2.14. The molecule has 0 aliphatic rings. The van der Waals surface area contributed by atoms with Crippen LogP contribution in [-0.4, -0.2) is 15.0 Å². The number of hydrogen-bond donors (Lipinski definition) is 1. The largest absolute Gasteiger partial charge is 0.340 e. The molecule has 1 aromatic carbocycles. The van der Waals surface area contributed by atoms with Crippen LogP contribution >= 0.6 is 0 Å². The van der Waals surface area contributed by atoms with Gasteiger partial charge in [0.15, 0.2) is 5.65 Å². The van der Waals surface area contributed by atoms with E-state index in [-0.39, 0.29) is 0 Å². The zero-order valence-corrected chi connectivity index (χ0v) is 11.8. The average molecular weight is 264 g/mol. The van der Waals surface area contributed by atoms with Crippen LogP contribution in [0.3, 0.4) is 0 Å². The average Bonchev–Trinajstić information content (AvgIpc) is 2.41. The molecule has 3 aromatic rings. The first kappa shape index (κ1) is 12.5. The number of nitrogens with zero attached hydrogens (tertiary/aromatic N) is 3. The van der Waals surface area contributed by atoms with Crippen molar-refractivity contribution in [1.29, 1.82) is 0 Å². The van der Waals surface area contributed by atoms with Gasteiger partial charge in [0.1, 0.15) is 12.1 Å². The van der Waals surface area contributed by atoms with E-state index in [1.807, 2.05) is 26.0 Å². The molecular weight excluding hydrogens is 248 g/mol. The Hall–Kier alpha value is -2.49. The molecule has 0 radical (unpaired) electrons. The van der Waals surface area contributed by atoms with Gasteiger partial charge >= 0.3 is 0 Å². The lowest BCUT2D eigenvalue weighted by molar-refractivity contribution is 1.13. The summed E-state index contributed by atoms with van der Waals surface area (Å²) in [4.78, 5) is 13.1. The second-order valence-corrected chi connectivity index (χ2v) is 4.98. The minimum atomic E-state index is 0.721. The van der Waals surface area contributed by atoms with Crippen molar-refractivity contribution in [1.82, 2.24) is 15.0 Å². The van der Waals surface area contributed by atoms with Crippen molar-refractivity contribution in [3.63, 3.8) is 0 Å². The zero-order chi connectivity index (χ0) is 14.1. The topological polar surface area (TPSA) is 50.7 Å². The van der Waals surface area contributed by atoms with Crippen molar-refractivity contribution in [2.24, 2.45) is 0 Å². The Labute approximate surface area is 117 Å². The summed E-state index contributed by atoms with van der Waals surface area (Å²) in [5.41, 5.74) is 5.08. The minimum absolute atomic E-state index is 0.721. The van der Waals surface area contributed by atoms with Crippen LogP contribution in [0.5, 0.6) is 0 Å². The highest BCUT2D eigenvalue weighted by atomic mass is 15.0. The van der Waals surface area contributed by atoms with Crippen LogP contribution in [0.4, 0.5) is 11.5 Å². The van der Waals surface area contributed by atoms with Crippen LogP contribution in [0.25, 0.3) is 11.0 Å². The van der Waals surface area contributed by atoms with Crippen molar-refractivity contribution in [2.75, 3.05) is 5.32 Å². The normalized spacial score (nSPS) is 10.8. The minimum Gasteiger partial charge on any atom is -0.340 e. The van der Waals surface area contributed by atoms with E-state index < -0.39 is 0 Å². The van der Waals surface area contributed by atoms with Crippen LogP contribution in [0, 0.1) is 20.8 Å². The van der Waals surface area contributed by atoms with E-state index in [1.165, 1.54) is 5.56 Å². The van der Waals surface area contributed by atoms with Crippen LogP contribution in [-0.2, 0) is 0 Å². The maximum absolute atomic E-state index is 4.50. The number of fused-ring (bicyclic) bond motifs is 1. The molecule has 0 spiro atoms. The molecule has 0 aliphatic heterocycles. The lowest BCUT2D eigenvalue weighted by atomic mass is 10.2. The number of anilines is 2. The van der Waals surface area contributed by atoms with Crippen LogP contribution in [0.1, 0.15) is 16.8 Å². The second kappa shape index (κ2) is 4.89. The van der Waals surface area contributed by atoms with E-state index in [4.69, 9.17) is 0 Å². The van der Waals surface area contributed by atoms with Gasteiger partial charge in [-0.2, -0.15) is 0 Å². The highest BCUT2D eigenvalue weighted by Crippen LogP contribution is 2.24.